The minimum absolute atomic E-state index is 0.0479. The van der Waals surface area contributed by atoms with Crippen molar-refractivity contribution in [2.24, 2.45) is 0 Å². The molecular weight excluding hydrogens is 233 g/mol. The first-order chi connectivity index (χ1) is 7.04. The highest BCUT2D eigenvalue weighted by Crippen LogP contribution is 2.26. The summed E-state index contributed by atoms with van der Waals surface area (Å²) in [5.74, 6) is 0. The number of nitrogens with one attached hydrogen (secondary N) is 1. The smallest absolute Gasteiger partial charge is 0.0582 e. The third kappa shape index (κ3) is 3.65. The molecule has 0 aliphatic rings. The number of hydrogen-bond donors (Lipinski definition) is 2. The third-order valence-corrected chi connectivity index (χ3v) is 2.80. The van der Waals surface area contributed by atoms with E-state index < -0.39 is 0 Å². The lowest BCUT2D eigenvalue weighted by molar-refractivity contribution is 0.243. The van der Waals surface area contributed by atoms with Crippen LogP contribution in [0, 0.1) is 0 Å². The average Bonchev–Trinajstić information content (AvgIpc) is 2.17. The van der Waals surface area contributed by atoms with Crippen LogP contribution in [-0.2, 0) is 0 Å². The fourth-order valence-corrected chi connectivity index (χ4v) is 1.99. The Balaban J connectivity index is 2.77. The van der Waals surface area contributed by atoms with Gasteiger partial charge < -0.3 is 10.4 Å². The van der Waals surface area contributed by atoms with Crippen molar-refractivity contribution >= 4 is 23.2 Å². The molecule has 0 saturated heterocycles. The fourth-order valence-electron chi connectivity index (χ4n) is 1.42. The Kier molecular flexibility index (Phi) is 4.87. The molecule has 0 spiro atoms. The molecule has 0 aromatic heterocycles. The Morgan fingerprint density at radius 3 is 2.53 bits per heavy atom. The molecule has 4 heteroatoms. The number of rotatable bonds is 4. The van der Waals surface area contributed by atoms with Crippen LogP contribution in [0.3, 0.4) is 0 Å². The number of halogens is 2. The molecule has 0 saturated carbocycles. The molecule has 15 heavy (non-hydrogen) atoms. The van der Waals surface area contributed by atoms with Crippen LogP contribution in [0.15, 0.2) is 18.2 Å². The van der Waals surface area contributed by atoms with E-state index in [9.17, 15) is 0 Å². The van der Waals surface area contributed by atoms with Crippen LogP contribution in [-0.4, -0.2) is 17.8 Å². The molecule has 84 valence electrons. The highest BCUT2D eigenvalue weighted by molar-refractivity contribution is 6.35. The van der Waals surface area contributed by atoms with Crippen molar-refractivity contribution in [3.8, 4) is 0 Å². The summed E-state index contributed by atoms with van der Waals surface area (Å²) in [6, 6.07) is 5.57. The van der Waals surface area contributed by atoms with Crippen LogP contribution in [0.25, 0.3) is 0 Å². The van der Waals surface area contributed by atoms with Crippen LogP contribution >= 0.6 is 23.2 Å². The second-order valence-electron chi connectivity index (χ2n) is 3.64. The zero-order valence-electron chi connectivity index (χ0n) is 8.80. The third-order valence-electron chi connectivity index (χ3n) is 2.24. The van der Waals surface area contributed by atoms with Crippen molar-refractivity contribution < 1.29 is 5.11 Å². The lowest BCUT2D eigenvalue weighted by atomic mass is 10.1. The first kappa shape index (κ1) is 12.8. The first-order valence-electron chi connectivity index (χ1n) is 4.86. The summed E-state index contributed by atoms with van der Waals surface area (Å²) in [5, 5.41) is 13.4. The molecule has 1 aromatic carbocycles. The van der Waals surface area contributed by atoms with Gasteiger partial charge in [0.15, 0.2) is 0 Å². The summed E-state index contributed by atoms with van der Waals surface area (Å²) in [6.45, 7) is 4.02. The van der Waals surface area contributed by atoms with Gasteiger partial charge in [0.05, 0.1) is 6.61 Å². The number of hydrogen-bond acceptors (Lipinski definition) is 2. The van der Waals surface area contributed by atoms with Crippen LogP contribution in [0.1, 0.15) is 25.5 Å². The fraction of sp³-hybridized carbons (Fsp3) is 0.455. The van der Waals surface area contributed by atoms with Gasteiger partial charge in [-0.1, -0.05) is 29.3 Å². The summed E-state index contributed by atoms with van der Waals surface area (Å²) >= 11 is 11.9. The van der Waals surface area contributed by atoms with E-state index in [0.717, 1.165) is 5.56 Å². The molecule has 0 aliphatic carbocycles. The van der Waals surface area contributed by atoms with E-state index in [2.05, 4.69) is 5.32 Å². The maximum Gasteiger partial charge on any atom is 0.0582 e. The topological polar surface area (TPSA) is 32.3 Å². The molecule has 1 aromatic rings. The van der Waals surface area contributed by atoms with Crippen LogP contribution in [0.5, 0.6) is 0 Å². The summed E-state index contributed by atoms with van der Waals surface area (Å²) < 4.78 is 0. The predicted octanol–water partition coefficient (Wildman–Crippen LogP) is 3.02. The van der Waals surface area contributed by atoms with Gasteiger partial charge in [0.1, 0.15) is 0 Å². The minimum atomic E-state index is 0.0479. The molecule has 0 bridgehead atoms. The van der Waals surface area contributed by atoms with E-state index in [1.54, 1.807) is 6.07 Å². The van der Waals surface area contributed by atoms with Gasteiger partial charge in [0.25, 0.3) is 0 Å². The van der Waals surface area contributed by atoms with Gasteiger partial charge in [0, 0.05) is 22.1 Å². The largest absolute Gasteiger partial charge is 0.395 e. The highest BCUT2D eigenvalue weighted by atomic mass is 35.5. The van der Waals surface area contributed by atoms with Gasteiger partial charge in [-0.3, -0.25) is 0 Å². The molecule has 0 radical (unpaired) electrons. The normalized spacial score (nSPS) is 15.0. The van der Waals surface area contributed by atoms with Crippen molar-refractivity contribution in [1.29, 1.82) is 0 Å². The van der Waals surface area contributed by atoms with Crippen LogP contribution in [0.4, 0.5) is 0 Å². The van der Waals surface area contributed by atoms with Gasteiger partial charge in [-0.2, -0.15) is 0 Å². The van der Waals surface area contributed by atoms with E-state index in [1.807, 2.05) is 26.0 Å². The summed E-state index contributed by atoms with van der Waals surface area (Å²) in [6.07, 6.45) is 0. The van der Waals surface area contributed by atoms with Gasteiger partial charge in [-0.15, -0.1) is 0 Å². The van der Waals surface area contributed by atoms with Gasteiger partial charge >= 0.3 is 0 Å². The molecule has 2 atom stereocenters. The predicted molar refractivity (Wildman–Crippen MR) is 64.6 cm³/mol. The van der Waals surface area contributed by atoms with Gasteiger partial charge in [0.2, 0.25) is 0 Å². The number of aliphatic hydroxyl groups is 1. The molecule has 0 amide bonds. The molecule has 1 rings (SSSR count). The molecule has 2 N–H and O–H groups in total. The average molecular weight is 248 g/mol. The summed E-state index contributed by atoms with van der Waals surface area (Å²) in [5.41, 5.74) is 0.987. The molecule has 2 nitrogen and oxygen atoms in total. The maximum atomic E-state index is 8.93. The van der Waals surface area contributed by atoms with Crippen LogP contribution < -0.4 is 5.32 Å². The van der Waals surface area contributed by atoms with Crippen molar-refractivity contribution in [3.05, 3.63) is 33.8 Å². The first-order valence-corrected chi connectivity index (χ1v) is 5.62. The highest BCUT2D eigenvalue weighted by Gasteiger charge is 2.11. The molecule has 0 fully saturated rings. The zero-order chi connectivity index (χ0) is 11.4. The lowest BCUT2D eigenvalue weighted by Crippen LogP contribution is -2.31. The van der Waals surface area contributed by atoms with Gasteiger partial charge in [-0.25, -0.2) is 0 Å². The number of aliphatic hydroxyl groups excluding tert-OH is 1. The number of benzene rings is 1. The monoisotopic (exact) mass is 247 g/mol. The van der Waals surface area contributed by atoms with E-state index in [-0.39, 0.29) is 18.7 Å². The molecule has 0 heterocycles. The second-order valence-corrected chi connectivity index (χ2v) is 4.48. The van der Waals surface area contributed by atoms with E-state index in [1.165, 1.54) is 0 Å². The van der Waals surface area contributed by atoms with Crippen molar-refractivity contribution in [2.45, 2.75) is 25.9 Å². The Morgan fingerprint density at radius 1 is 1.33 bits per heavy atom. The Bertz CT molecular complexity index is 330. The zero-order valence-corrected chi connectivity index (χ0v) is 10.3. The van der Waals surface area contributed by atoms with Gasteiger partial charge in [-0.05, 0) is 31.5 Å². The minimum Gasteiger partial charge on any atom is -0.395 e. The quantitative estimate of drug-likeness (QED) is 0.858. The lowest BCUT2D eigenvalue weighted by Gasteiger charge is -2.19. The van der Waals surface area contributed by atoms with Crippen molar-refractivity contribution in [1.82, 2.24) is 5.32 Å². The summed E-state index contributed by atoms with van der Waals surface area (Å²) in [4.78, 5) is 0. The molecular formula is C11H15Cl2NO. The Hall–Kier alpha value is -0.280. The summed E-state index contributed by atoms with van der Waals surface area (Å²) in [7, 11) is 0. The van der Waals surface area contributed by atoms with Crippen LogP contribution in [0.2, 0.25) is 10.0 Å². The van der Waals surface area contributed by atoms with E-state index in [4.69, 9.17) is 28.3 Å². The van der Waals surface area contributed by atoms with Crippen molar-refractivity contribution in [2.75, 3.05) is 6.61 Å². The SMILES string of the molecule is C[C@H](N[C@@H](C)CO)c1ccc(Cl)cc1Cl. The maximum absolute atomic E-state index is 8.93. The van der Waals surface area contributed by atoms with E-state index in [0.29, 0.717) is 10.0 Å². The molecule has 0 unspecified atom stereocenters. The second kappa shape index (κ2) is 5.71. The molecule has 0 aliphatic heterocycles. The van der Waals surface area contributed by atoms with E-state index >= 15 is 0 Å². The standard InChI is InChI=1S/C11H15Cl2NO/c1-7(6-15)14-8(2)10-4-3-9(12)5-11(10)13/h3-5,7-8,14-15H,6H2,1-2H3/t7-,8-/m0/s1. The Morgan fingerprint density at radius 2 is 2.00 bits per heavy atom. The Labute approximate surface area is 100 Å². The van der Waals surface area contributed by atoms with Crippen molar-refractivity contribution in [3.63, 3.8) is 0 Å².